The van der Waals surface area contributed by atoms with Crippen LogP contribution < -0.4 is 0 Å². The molecule has 1 aromatic carbocycles. The Morgan fingerprint density at radius 3 is 2.56 bits per heavy atom. The molecule has 146 valence electrons. The number of carbonyl (C=O) groups is 1. The van der Waals surface area contributed by atoms with E-state index in [9.17, 15) is 15.0 Å². The second kappa shape index (κ2) is 9.02. The Labute approximate surface area is 160 Å². The minimum Gasteiger partial charge on any atom is -0.469 e. The zero-order valence-corrected chi connectivity index (χ0v) is 16.5. The summed E-state index contributed by atoms with van der Waals surface area (Å²) in [5.41, 5.74) is 4.09. The van der Waals surface area contributed by atoms with Gasteiger partial charge in [0.1, 0.15) is 0 Å². The maximum atomic E-state index is 11.2. The van der Waals surface area contributed by atoms with E-state index in [1.165, 1.54) is 7.11 Å². The van der Waals surface area contributed by atoms with Gasteiger partial charge in [0.05, 0.1) is 25.7 Å². The van der Waals surface area contributed by atoms with Crippen molar-refractivity contribution < 1.29 is 19.7 Å². The fraction of sp³-hybridized carbons (Fsp3) is 0.409. The van der Waals surface area contributed by atoms with Gasteiger partial charge >= 0.3 is 5.97 Å². The zero-order valence-electron chi connectivity index (χ0n) is 16.5. The number of benzene rings is 1. The maximum Gasteiger partial charge on any atom is 0.308 e. The van der Waals surface area contributed by atoms with Crippen LogP contribution in [0.1, 0.15) is 50.9 Å². The molecule has 0 amide bonds. The molecule has 2 aromatic rings. The van der Waals surface area contributed by atoms with Crippen molar-refractivity contribution in [2.75, 3.05) is 7.11 Å². The molecule has 0 saturated carbocycles. The number of nitrogens with zero attached hydrogens (tertiary/aromatic N) is 1. The molecule has 2 atom stereocenters. The SMILES string of the molecule is C=C(C)c1c(/C=C/C(O)CC(O)CC(=O)OC)n(C(C)C)c2ccccc12. The van der Waals surface area contributed by atoms with Gasteiger partial charge in [-0.05, 0) is 38.5 Å². The van der Waals surface area contributed by atoms with Crippen LogP contribution in [-0.4, -0.2) is 40.1 Å². The smallest absolute Gasteiger partial charge is 0.308 e. The third-order valence-electron chi connectivity index (χ3n) is 4.51. The molecule has 0 aliphatic heterocycles. The van der Waals surface area contributed by atoms with Gasteiger partial charge in [0.25, 0.3) is 0 Å². The minimum absolute atomic E-state index is 0.0654. The van der Waals surface area contributed by atoms with E-state index in [0.717, 1.165) is 27.7 Å². The third kappa shape index (κ3) is 4.87. The van der Waals surface area contributed by atoms with Crippen LogP contribution in [-0.2, 0) is 9.53 Å². The van der Waals surface area contributed by atoms with E-state index in [1.807, 2.05) is 25.1 Å². The molecule has 5 nitrogen and oxygen atoms in total. The molecule has 27 heavy (non-hydrogen) atoms. The molecule has 2 N–H and O–H groups in total. The Morgan fingerprint density at radius 1 is 1.30 bits per heavy atom. The van der Waals surface area contributed by atoms with Crippen LogP contribution in [0.25, 0.3) is 22.6 Å². The van der Waals surface area contributed by atoms with E-state index in [-0.39, 0.29) is 18.9 Å². The topological polar surface area (TPSA) is 71.7 Å². The summed E-state index contributed by atoms with van der Waals surface area (Å²) in [6.45, 7) is 10.3. The van der Waals surface area contributed by atoms with Gasteiger partial charge in [-0.25, -0.2) is 0 Å². The standard InChI is InChI=1S/C22H29NO4/c1-14(2)22-18-8-6-7-9-19(18)23(15(3)4)20(22)11-10-16(24)12-17(25)13-21(26)27-5/h6-11,15-17,24-25H,1,12-13H2,2-5H3/b11-10+. The zero-order chi connectivity index (χ0) is 20.1. The average molecular weight is 371 g/mol. The van der Waals surface area contributed by atoms with Crippen molar-refractivity contribution in [3.05, 3.63) is 48.2 Å². The molecule has 0 radical (unpaired) electrons. The highest BCUT2D eigenvalue weighted by atomic mass is 16.5. The summed E-state index contributed by atoms with van der Waals surface area (Å²) in [5, 5.41) is 21.3. The number of fused-ring (bicyclic) bond motifs is 1. The predicted molar refractivity (Wildman–Crippen MR) is 109 cm³/mol. The Balaban J connectivity index is 2.36. The van der Waals surface area contributed by atoms with Gasteiger partial charge in [-0.15, -0.1) is 0 Å². The second-order valence-electron chi connectivity index (χ2n) is 7.12. The average Bonchev–Trinajstić information content (AvgIpc) is 2.94. The molecule has 0 spiro atoms. The molecule has 1 heterocycles. The Bertz CT molecular complexity index is 847. The lowest BCUT2D eigenvalue weighted by molar-refractivity contribution is -0.143. The Morgan fingerprint density at radius 2 is 1.96 bits per heavy atom. The summed E-state index contributed by atoms with van der Waals surface area (Å²) < 4.78 is 6.75. The molecular weight excluding hydrogens is 342 g/mol. The molecule has 0 bridgehead atoms. The molecule has 0 aliphatic rings. The van der Waals surface area contributed by atoms with Crippen molar-refractivity contribution in [3.63, 3.8) is 0 Å². The van der Waals surface area contributed by atoms with E-state index in [1.54, 1.807) is 6.08 Å². The summed E-state index contributed by atoms with van der Waals surface area (Å²) >= 11 is 0. The number of hydrogen-bond acceptors (Lipinski definition) is 4. The van der Waals surface area contributed by atoms with Crippen LogP contribution in [0.4, 0.5) is 0 Å². The number of carbonyl (C=O) groups excluding carboxylic acids is 1. The molecular formula is C22H29NO4. The van der Waals surface area contributed by atoms with E-state index in [4.69, 9.17) is 0 Å². The van der Waals surface area contributed by atoms with Crippen LogP contribution in [0.3, 0.4) is 0 Å². The highest BCUT2D eigenvalue weighted by Crippen LogP contribution is 2.34. The fourth-order valence-electron chi connectivity index (χ4n) is 3.37. The van der Waals surface area contributed by atoms with Gasteiger partial charge in [0, 0.05) is 34.6 Å². The predicted octanol–water partition coefficient (Wildman–Crippen LogP) is 3.94. The minimum atomic E-state index is -0.950. The maximum absolute atomic E-state index is 11.2. The van der Waals surface area contributed by atoms with Crippen molar-refractivity contribution in [2.45, 2.75) is 51.9 Å². The van der Waals surface area contributed by atoms with E-state index < -0.39 is 18.2 Å². The van der Waals surface area contributed by atoms with Gasteiger partial charge < -0.3 is 19.5 Å². The van der Waals surface area contributed by atoms with Crippen molar-refractivity contribution in [2.24, 2.45) is 0 Å². The summed E-state index contributed by atoms with van der Waals surface area (Å²) in [7, 11) is 1.27. The first-order valence-corrected chi connectivity index (χ1v) is 9.16. The molecule has 0 saturated heterocycles. The van der Waals surface area contributed by atoms with Crippen LogP contribution in [0.15, 0.2) is 36.9 Å². The molecule has 2 rings (SSSR count). The largest absolute Gasteiger partial charge is 0.469 e. The van der Waals surface area contributed by atoms with Crippen molar-refractivity contribution >= 4 is 28.5 Å². The number of allylic oxidation sites excluding steroid dienone is 1. The third-order valence-corrected chi connectivity index (χ3v) is 4.51. The number of aliphatic hydroxyl groups is 2. The Kier molecular flexibility index (Phi) is 6.99. The molecule has 0 fully saturated rings. The molecule has 2 unspecified atom stereocenters. The number of aromatic nitrogens is 1. The summed E-state index contributed by atoms with van der Waals surface area (Å²) in [4.78, 5) is 11.2. The first-order chi connectivity index (χ1) is 12.8. The first kappa shape index (κ1) is 20.9. The number of hydrogen-bond donors (Lipinski definition) is 2. The van der Waals surface area contributed by atoms with Crippen molar-refractivity contribution in [3.8, 4) is 0 Å². The number of methoxy groups -OCH3 is 1. The van der Waals surface area contributed by atoms with Crippen LogP contribution >= 0.6 is 0 Å². The molecule has 0 aliphatic carbocycles. The van der Waals surface area contributed by atoms with Crippen molar-refractivity contribution in [1.82, 2.24) is 4.57 Å². The quantitative estimate of drug-likeness (QED) is 0.690. The van der Waals surface area contributed by atoms with Gasteiger partial charge in [-0.3, -0.25) is 4.79 Å². The monoisotopic (exact) mass is 371 g/mol. The lowest BCUT2D eigenvalue weighted by Gasteiger charge is -2.15. The van der Waals surface area contributed by atoms with Gasteiger partial charge in [-0.2, -0.15) is 0 Å². The highest BCUT2D eigenvalue weighted by molar-refractivity contribution is 5.96. The number of ether oxygens (including phenoxy) is 1. The number of esters is 1. The van der Waals surface area contributed by atoms with Gasteiger partial charge in [0.2, 0.25) is 0 Å². The van der Waals surface area contributed by atoms with Gasteiger partial charge in [0.15, 0.2) is 0 Å². The number of para-hydroxylation sites is 1. The second-order valence-corrected chi connectivity index (χ2v) is 7.12. The molecule has 1 aromatic heterocycles. The highest BCUT2D eigenvalue weighted by Gasteiger charge is 2.18. The lowest BCUT2D eigenvalue weighted by atomic mass is 10.0. The van der Waals surface area contributed by atoms with Gasteiger partial charge in [-0.1, -0.05) is 30.9 Å². The van der Waals surface area contributed by atoms with Crippen LogP contribution in [0, 0.1) is 0 Å². The van der Waals surface area contributed by atoms with Crippen LogP contribution in [0.2, 0.25) is 0 Å². The fourth-order valence-corrected chi connectivity index (χ4v) is 3.37. The van der Waals surface area contributed by atoms with Crippen molar-refractivity contribution in [1.29, 1.82) is 0 Å². The summed E-state index contributed by atoms with van der Waals surface area (Å²) in [6, 6.07) is 8.39. The normalized spacial score (nSPS) is 14.0. The molecule has 5 heteroatoms. The van der Waals surface area contributed by atoms with E-state index in [2.05, 4.69) is 41.9 Å². The van der Waals surface area contributed by atoms with E-state index >= 15 is 0 Å². The first-order valence-electron chi connectivity index (χ1n) is 9.16. The van der Waals surface area contributed by atoms with Crippen LogP contribution in [0.5, 0.6) is 0 Å². The lowest BCUT2D eigenvalue weighted by Crippen LogP contribution is -2.20. The van der Waals surface area contributed by atoms with E-state index in [0.29, 0.717) is 0 Å². The number of rotatable bonds is 8. The summed E-state index contributed by atoms with van der Waals surface area (Å²) in [5.74, 6) is -0.497. The number of aliphatic hydroxyl groups excluding tert-OH is 2. The Hall–Kier alpha value is -2.37. The summed E-state index contributed by atoms with van der Waals surface area (Å²) in [6.07, 6.45) is 1.63.